The normalized spacial score (nSPS) is 14.5. The van der Waals surface area contributed by atoms with Gasteiger partial charge in [0, 0.05) is 18.2 Å². The van der Waals surface area contributed by atoms with Crippen LogP contribution in [0.4, 0.5) is 0 Å². The summed E-state index contributed by atoms with van der Waals surface area (Å²) in [7, 11) is 0. The van der Waals surface area contributed by atoms with Crippen molar-refractivity contribution in [3.63, 3.8) is 0 Å². The molecule has 0 aliphatic rings. The zero-order valence-electron chi connectivity index (χ0n) is 8.74. The summed E-state index contributed by atoms with van der Waals surface area (Å²) < 4.78 is 0. The number of hydrogen-bond acceptors (Lipinski definition) is 3. The first-order chi connectivity index (χ1) is 6.49. The lowest BCUT2D eigenvalue weighted by Gasteiger charge is -2.12. The van der Waals surface area contributed by atoms with E-state index < -0.39 is 11.9 Å². The Morgan fingerprint density at radius 3 is 2.36 bits per heavy atom. The Morgan fingerprint density at radius 2 is 1.93 bits per heavy atom. The van der Waals surface area contributed by atoms with E-state index in [1.807, 2.05) is 13.2 Å². The van der Waals surface area contributed by atoms with Gasteiger partial charge in [0.25, 0.3) is 0 Å². The average molecular weight is 219 g/mol. The van der Waals surface area contributed by atoms with Gasteiger partial charge in [-0.15, -0.1) is 0 Å². The zero-order chi connectivity index (χ0) is 11.1. The molecule has 2 N–H and O–H groups in total. The van der Waals surface area contributed by atoms with Crippen LogP contribution in [0, 0.1) is 11.8 Å². The van der Waals surface area contributed by atoms with Crippen molar-refractivity contribution in [3.05, 3.63) is 0 Å². The lowest BCUT2D eigenvalue weighted by atomic mass is 10.1. The molecule has 0 aliphatic heterocycles. The quantitative estimate of drug-likeness (QED) is 0.694. The van der Waals surface area contributed by atoms with E-state index in [0.717, 1.165) is 5.75 Å². The third-order valence-corrected chi connectivity index (χ3v) is 2.70. The second-order valence-corrected chi connectivity index (χ2v) is 4.25. The number of rotatable bonds is 6. The molecule has 5 heteroatoms. The Balaban J connectivity index is 3.78. The summed E-state index contributed by atoms with van der Waals surface area (Å²) >= 11 is 1.60. The maximum absolute atomic E-state index is 11.3. The van der Waals surface area contributed by atoms with Gasteiger partial charge in [-0.3, -0.25) is 9.59 Å². The number of carbonyl (C=O) groups excluding carboxylic acids is 1. The maximum atomic E-state index is 11.3. The third kappa shape index (κ3) is 5.11. The van der Waals surface area contributed by atoms with Crippen LogP contribution in [0.25, 0.3) is 0 Å². The zero-order valence-corrected chi connectivity index (χ0v) is 9.56. The van der Waals surface area contributed by atoms with Crippen molar-refractivity contribution in [2.45, 2.75) is 13.8 Å². The molecule has 0 radical (unpaired) electrons. The van der Waals surface area contributed by atoms with E-state index in [1.54, 1.807) is 18.7 Å². The largest absolute Gasteiger partial charge is 0.481 e. The predicted molar refractivity (Wildman–Crippen MR) is 57.4 cm³/mol. The molecule has 0 fully saturated rings. The number of carboxylic acid groups (broad SMARTS) is 1. The number of amides is 1. The number of carboxylic acids is 1. The number of thioether (sulfide) groups is 1. The summed E-state index contributed by atoms with van der Waals surface area (Å²) in [6.45, 7) is 3.60. The molecule has 0 aliphatic carbocycles. The van der Waals surface area contributed by atoms with E-state index in [4.69, 9.17) is 5.11 Å². The first-order valence-corrected chi connectivity index (χ1v) is 5.87. The highest BCUT2D eigenvalue weighted by Gasteiger charge is 2.15. The molecule has 0 heterocycles. The van der Waals surface area contributed by atoms with Crippen LogP contribution in [0.15, 0.2) is 0 Å². The fourth-order valence-corrected chi connectivity index (χ4v) is 1.49. The summed E-state index contributed by atoms with van der Waals surface area (Å²) in [5.41, 5.74) is 0. The summed E-state index contributed by atoms with van der Waals surface area (Å²) in [5, 5.41) is 11.2. The molecule has 14 heavy (non-hydrogen) atoms. The van der Waals surface area contributed by atoms with Gasteiger partial charge in [-0.25, -0.2) is 0 Å². The van der Waals surface area contributed by atoms with Crippen LogP contribution < -0.4 is 5.32 Å². The van der Waals surface area contributed by atoms with Gasteiger partial charge < -0.3 is 10.4 Å². The summed E-state index contributed by atoms with van der Waals surface area (Å²) in [5.74, 6) is -0.797. The summed E-state index contributed by atoms with van der Waals surface area (Å²) in [6, 6.07) is 0. The lowest BCUT2D eigenvalue weighted by Crippen LogP contribution is -2.35. The van der Waals surface area contributed by atoms with Gasteiger partial charge in [0.1, 0.15) is 0 Å². The third-order valence-electron chi connectivity index (χ3n) is 1.87. The second kappa shape index (κ2) is 6.70. The molecule has 0 saturated heterocycles. The smallest absolute Gasteiger partial charge is 0.308 e. The Labute approximate surface area is 88.4 Å². The van der Waals surface area contributed by atoms with Crippen LogP contribution in [0.2, 0.25) is 0 Å². The van der Waals surface area contributed by atoms with Crippen LogP contribution >= 0.6 is 11.8 Å². The highest BCUT2D eigenvalue weighted by molar-refractivity contribution is 7.98. The van der Waals surface area contributed by atoms with E-state index in [2.05, 4.69) is 5.32 Å². The van der Waals surface area contributed by atoms with Crippen molar-refractivity contribution in [1.29, 1.82) is 0 Å². The Morgan fingerprint density at radius 1 is 1.36 bits per heavy atom. The predicted octanol–water partition coefficient (Wildman–Crippen LogP) is 0.822. The monoisotopic (exact) mass is 219 g/mol. The van der Waals surface area contributed by atoms with E-state index in [-0.39, 0.29) is 18.4 Å². The van der Waals surface area contributed by atoms with Crippen LogP contribution in [0.5, 0.6) is 0 Å². The molecule has 1 amide bonds. The Kier molecular flexibility index (Phi) is 6.36. The van der Waals surface area contributed by atoms with Gasteiger partial charge in [-0.2, -0.15) is 11.8 Å². The molecule has 0 aromatic rings. The first-order valence-electron chi connectivity index (χ1n) is 4.48. The van der Waals surface area contributed by atoms with Gasteiger partial charge >= 0.3 is 5.97 Å². The highest BCUT2D eigenvalue weighted by atomic mass is 32.2. The summed E-state index contributed by atoms with van der Waals surface area (Å²) in [4.78, 5) is 21.8. The molecule has 0 aromatic heterocycles. The fraction of sp³-hybridized carbons (Fsp3) is 0.778. The van der Waals surface area contributed by atoms with Crippen molar-refractivity contribution in [2.75, 3.05) is 18.6 Å². The molecule has 0 spiro atoms. The number of hydrogen-bond donors (Lipinski definition) is 2. The van der Waals surface area contributed by atoms with Crippen LogP contribution in [0.3, 0.4) is 0 Å². The molecule has 82 valence electrons. The molecular weight excluding hydrogens is 202 g/mol. The van der Waals surface area contributed by atoms with Crippen LogP contribution in [-0.2, 0) is 9.59 Å². The van der Waals surface area contributed by atoms with Crippen molar-refractivity contribution in [3.8, 4) is 0 Å². The molecule has 0 aromatic carbocycles. The van der Waals surface area contributed by atoms with Gasteiger partial charge in [-0.05, 0) is 6.26 Å². The minimum Gasteiger partial charge on any atom is -0.481 e. The molecule has 0 saturated carbocycles. The summed E-state index contributed by atoms with van der Waals surface area (Å²) in [6.07, 6.45) is 1.93. The first kappa shape index (κ1) is 13.3. The number of nitrogens with one attached hydrogen (secondary N) is 1. The van der Waals surface area contributed by atoms with Crippen molar-refractivity contribution < 1.29 is 14.7 Å². The maximum Gasteiger partial charge on any atom is 0.308 e. The topological polar surface area (TPSA) is 66.4 Å². The van der Waals surface area contributed by atoms with Gasteiger partial charge in [0.05, 0.1) is 5.92 Å². The molecule has 2 atom stereocenters. The minimum absolute atomic E-state index is 0.0639. The van der Waals surface area contributed by atoms with Crippen LogP contribution in [-0.4, -0.2) is 35.5 Å². The van der Waals surface area contributed by atoms with Crippen LogP contribution in [0.1, 0.15) is 13.8 Å². The second-order valence-electron chi connectivity index (χ2n) is 3.34. The molecule has 2 unspecified atom stereocenters. The van der Waals surface area contributed by atoms with E-state index in [0.29, 0.717) is 0 Å². The van der Waals surface area contributed by atoms with Gasteiger partial charge in [-0.1, -0.05) is 13.8 Å². The van der Waals surface area contributed by atoms with E-state index >= 15 is 0 Å². The number of aliphatic carboxylic acids is 1. The average Bonchev–Trinajstić information content (AvgIpc) is 2.13. The molecular formula is C9H17NO3S. The van der Waals surface area contributed by atoms with Crippen molar-refractivity contribution >= 4 is 23.6 Å². The fourth-order valence-electron chi connectivity index (χ4n) is 0.841. The van der Waals surface area contributed by atoms with Gasteiger partial charge in [0.15, 0.2) is 0 Å². The highest BCUT2D eigenvalue weighted by Crippen LogP contribution is 2.04. The SMILES string of the molecule is CSCC(C)C(=O)NCC(C)C(=O)O. The van der Waals surface area contributed by atoms with E-state index in [1.165, 1.54) is 0 Å². The standard InChI is InChI=1S/C9H17NO3S/c1-6(9(12)13)4-10-8(11)7(2)5-14-3/h6-7H,4-5H2,1-3H3,(H,10,11)(H,12,13). The lowest BCUT2D eigenvalue weighted by molar-refractivity contribution is -0.141. The Hall–Kier alpha value is -0.710. The Bertz CT molecular complexity index is 208. The number of carbonyl (C=O) groups is 2. The minimum atomic E-state index is -0.886. The molecule has 0 rings (SSSR count). The van der Waals surface area contributed by atoms with Gasteiger partial charge in [0.2, 0.25) is 5.91 Å². The molecule has 0 bridgehead atoms. The van der Waals surface area contributed by atoms with Crippen molar-refractivity contribution in [1.82, 2.24) is 5.32 Å². The molecule has 4 nitrogen and oxygen atoms in total. The van der Waals surface area contributed by atoms with E-state index in [9.17, 15) is 9.59 Å². The van der Waals surface area contributed by atoms with Crippen molar-refractivity contribution in [2.24, 2.45) is 11.8 Å².